The summed E-state index contributed by atoms with van der Waals surface area (Å²) in [5.74, 6) is 1.53. The molecule has 0 N–H and O–H groups in total. The maximum absolute atomic E-state index is 13.8. The molecule has 400 valence electrons. The highest BCUT2D eigenvalue weighted by atomic mass is 19.1. The summed E-state index contributed by atoms with van der Waals surface area (Å²) in [7, 11) is 2.81. The number of likely N-dealkylation sites (tertiary alicyclic amines) is 2. The summed E-state index contributed by atoms with van der Waals surface area (Å²) in [5, 5.41) is 0. The quantitative estimate of drug-likeness (QED) is 0.216. The minimum absolute atomic E-state index is 0.0563. The van der Waals surface area contributed by atoms with Crippen LogP contribution in [0.2, 0.25) is 0 Å². The monoisotopic (exact) mass is 1020 g/mol. The molecule has 14 nitrogen and oxygen atoms in total. The first-order valence-corrected chi connectivity index (χ1v) is 26.0. The lowest BCUT2D eigenvalue weighted by molar-refractivity contribution is -0.118. The molecule has 0 unspecified atom stereocenters. The van der Waals surface area contributed by atoms with Crippen LogP contribution in [-0.2, 0) is 37.8 Å². The van der Waals surface area contributed by atoms with Crippen molar-refractivity contribution < 1.29 is 51.8 Å². The number of allylic oxidation sites excluding steroid dienone is 4. The molecule has 74 heavy (non-hydrogen) atoms. The average Bonchev–Trinajstić information content (AvgIpc) is 3.52. The molecule has 2 aromatic carbocycles. The number of aryl methyl sites for hydroxylation is 4. The zero-order valence-corrected chi connectivity index (χ0v) is 46.8. The van der Waals surface area contributed by atoms with E-state index in [1.54, 1.807) is 24.0 Å². The Hall–Kier alpha value is -5.61. The number of piperidine rings is 2. The number of hydrogen-bond donors (Lipinski definition) is 0. The molecular weight excluding hydrogens is 942 g/mol. The standard InChI is InChI=1S/C30H44BNO6.C28H34FN3O4/c1-19-15-21(31-37-28(6,7)29(8,9)38-31)16-20(2)24(19)25-22(33)17-30(18-23(25)35-10)11-13-32(14-12-30)26(34)36-27(3,4)5;1-17-11-19(25-30-15-20(29)16-31-25)12-18(2)23(17)24-21(33)13-28(14-22(24)35-6)7-9-32(10-8-28)26(34)36-27(3,4)5/h15-16H,11-14,17-18H2,1-10H3;11-12,15-16H,7-10,13-14H2,1-6H3. The smallest absolute Gasteiger partial charge is 0.494 e. The highest BCUT2D eigenvalue weighted by molar-refractivity contribution is 6.62. The number of benzene rings is 2. The van der Waals surface area contributed by atoms with Crippen molar-refractivity contribution in [1.29, 1.82) is 0 Å². The molecule has 2 amide bonds. The van der Waals surface area contributed by atoms with E-state index in [9.17, 15) is 23.6 Å². The second-order valence-electron chi connectivity index (χ2n) is 24.3. The first-order valence-electron chi connectivity index (χ1n) is 26.0. The number of halogens is 1. The number of nitrogens with zero attached hydrogens (tertiary/aromatic N) is 4. The van der Waals surface area contributed by atoms with Gasteiger partial charge >= 0.3 is 19.3 Å². The van der Waals surface area contributed by atoms with Crippen molar-refractivity contribution in [2.75, 3.05) is 40.4 Å². The van der Waals surface area contributed by atoms with Gasteiger partial charge in [0.05, 0.1) is 49.0 Å². The van der Waals surface area contributed by atoms with Gasteiger partial charge < -0.3 is 38.1 Å². The van der Waals surface area contributed by atoms with Gasteiger partial charge in [0.15, 0.2) is 23.2 Å². The number of methoxy groups -OCH3 is 2. The van der Waals surface area contributed by atoms with Crippen molar-refractivity contribution >= 4 is 47.5 Å². The van der Waals surface area contributed by atoms with Crippen LogP contribution in [0.15, 0.2) is 48.2 Å². The number of Topliss-reactive ketones (excluding diaryl/α,β-unsaturated/α-hetero) is 2. The van der Waals surface area contributed by atoms with E-state index < -0.39 is 35.3 Å². The molecule has 3 fully saturated rings. The average molecular weight is 1020 g/mol. The zero-order valence-electron chi connectivity index (χ0n) is 46.8. The van der Waals surface area contributed by atoms with Gasteiger partial charge in [-0.2, -0.15) is 0 Å². The molecule has 3 saturated heterocycles. The first kappa shape index (κ1) is 56.1. The number of rotatable bonds is 6. The maximum atomic E-state index is 13.8. The molecule has 8 rings (SSSR count). The molecule has 3 aromatic rings. The van der Waals surface area contributed by atoms with Gasteiger partial charge in [-0.05, 0) is 184 Å². The van der Waals surface area contributed by atoms with E-state index in [0.29, 0.717) is 74.6 Å². The van der Waals surface area contributed by atoms with Crippen LogP contribution >= 0.6 is 0 Å². The molecular formula is C58H78BFN4O10. The highest BCUT2D eigenvalue weighted by Gasteiger charge is 2.52. The van der Waals surface area contributed by atoms with Crippen LogP contribution in [-0.4, -0.2) is 113 Å². The van der Waals surface area contributed by atoms with E-state index in [-0.39, 0.29) is 34.6 Å². The van der Waals surface area contributed by atoms with Gasteiger partial charge in [-0.1, -0.05) is 12.1 Å². The van der Waals surface area contributed by atoms with Crippen LogP contribution < -0.4 is 5.46 Å². The Kier molecular flexibility index (Phi) is 15.8. The SMILES string of the molecule is COC1=C(c2c(C)cc(-c3ncc(F)cn3)cc2C)C(=O)CC2(CCN(C(=O)OC(C)(C)C)CC2)C1.COC1=C(c2c(C)cc(B3OC(C)(C)C(C)(C)O3)cc2C)C(=O)CC2(CCN(C(=O)OC(C)(C)C)CC2)C1. The van der Waals surface area contributed by atoms with E-state index >= 15 is 0 Å². The zero-order chi connectivity index (χ0) is 54.5. The summed E-state index contributed by atoms with van der Waals surface area (Å²) >= 11 is 0. The van der Waals surface area contributed by atoms with Crippen molar-refractivity contribution in [2.24, 2.45) is 10.8 Å². The van der Waals surface area contributed by atoms with Crippen LogP contribution in [0.25, 0.3) is 22.5 Å². The van der Waals surface area contributed by atoms with Crippen molar-refractivity contribution in [3.63, 3.8) is 0 Å². The van der Waals surface area contributed by atoms with Crippen LogP contribution in [0.5, 0.6) is 0 Å². The lowest BCUT2D eigenvalue weighted by Crippen LogP contribution is -2.47. The van der Waals surface area contributed by atoms with Crippen molar-refractivity contribution in [1.82, 2.24) is 19.8 Å². The van der Waals surface area contributed by atoms with Gasteiger partial charge in [0.25, 0.3) is 0 Å². The van der Waals surface area contributed by atoms with Crippen molar-refractivity contribution in [3.8, 4) is 11.4 Å². The summed E-state index contributed by atoms with van der Waals surface area (Å²) < 4.78 is 48.6. The Balaban J connectivity index is 0.000000217. The Morgan fingerprint density at radius 3 is 1.30 bits per heavy atom. The normalized spacial score (nSPS) is 20.4. The number of carbonyl (C=O) groups is 4. The van der Waals surface area contributed by atoms with Gasteiger partial charge in [0.2, 0.25) is 0 Å². The third-order valence-corrected chi connectivity index (χ3v) is 15.7. The predicted octanol–water partition coefficient (Wildman–Crippen LogP) is 11.0. The first-order chi connectivity index (χ1) is 34.4. The van der Waals surface area contributed by atoms with Gasteiger partial charge in [-0.25, -0.2) is 23.9 Å². The third kappa shape index (κ3) is 12.1. The van der Waals surface area contributed by atoms with Gasteiger partial charge in [-0.15, -0.1) is 0 Å². The fourth-order valence-corrected chi connectivity index (χ4v) is 11.2. The largest absolute Gasteiger partial charge is 0.500 e. The molecule has 5 aliphatic rings. The van der Waals surface area contributed by atoms with E-state index in [2.05, 4.69) is 22.1 Å². The van der Waals surface area contributed by atoms with E-state index in [0.717, 1.165) is 88.2 Å². The van der Waals surface area contributed by atoms with Crippen LogP contribution in [0.3, 0.4) is 0 Å². The minimum atomic E-state index is -0.540. The topological polar surface area (TPSA) is 156 Å². The molecule has 2 spiro atoms. The molecule has 0 saturated carbocycles. The summed E-state index contributed by atoms with van der Waals surface area (Å²) in [6.45, 7) is 29.6. The Bertz CT molecular complexity index is 2670. The number of ether oxygens (including phenoxy) is 4. The summed E-state index contributed by atoms with van der Waals surface area (Å²) in [5.41, 5.74) is 6.32. The Morgan fingerprint density at radius 2 is 0.959 bits per heavy atom. The van der Waals surface area contributed by atoms with E-state index in [4.69, 9.17) is 28.3 Å². The molecule has 0 atom stereocenters. The van der Waals surface area contributed by atoms with Gasteiger partial charge in [0.1, 0.15) is 22.7 Å². The van der Waals surface area contributed by atoms with Crippen molar-refractivity contribution in [2.45, 2.75) is 171 Å². The second-order valence-corrected chi connectivity index (χ2v) is 24.3. The molecule has 16 heteroatoms. The molecule has 0 radical (unpaired) electrons. The van der Waals surface area contributed by atoms with E-state index in [1.807, 2.05) is 109 Å². The minimum Gasteiger partial charge on any atom is -0.500 e. The molecule has 1 aromatic heterocycles. The predicted molar refractivity (Wildman–Crippen MR) is 284 cm³/mol. The summed E-state index contributed by atoms with van der Waals surface area (Å²) in [6.07, 6.45) is 6.83. The summed E-state index contributed by atoms with van der Waals surface area (Å²) in [4.78, 5) is 64.1. The van der Waals surface area contributed by atoms with Crippen LogP contribution in [0.4, 0.5) is 14.0 Å². The van der Waals surface area contributed by atoms with Crippen LogP contribution in [0.1, 0.15) is 154 Å². The second kappa shape index (κ2) is 20.8. The third-order valence-electron chi connectivity index (χ3n) is 15.7. The number of carbonyl (C=O) groups excluding carboxylic acids is 4. The van der Waals surface area contributed by atoms with Gasteiger partial charge in [-0.3, -0.25) is 9.59 Å². The van der Waals surface area contributed by atoms with Crippen LogP contribution in [0, 0.1) is 44.3 Å². The number of aromatic nitrogens is 2. The molecule has 2 aliphatic carbocycles. The fourth-order valence-electron chi connectivity index (χ4n) is 11.2. The number of hydrogen-bond acceptors (Lipinski definition) is 12. The lowest BCUT2D eigenvalue weighted by Gasteiger charge is -2.44. The molecule has 4 heterocycles. The van der Waals surface area contributed by atoms with Gasteiger partial charge in [0, 0.05) is 57.4 Å². The highest BCUT2D eigenvalue weighted by Crippen LogP contribution is 2.50. The fraction of sp³-hybridized carbons (Fsp3) is 0.586. The molecule has 0 bridgehead atoms. The van der Waals surface area contributed by atoms with E-state index in [1.165, 1.54) is 0 Å². The maximum Gasteiger partial charge on any atom is 0.494 e. The lowest BCUT2D eigenvalue weighted by atomic mass is 9.66. The number of amides is 2. The molecule has 3 aliphatic heterocycles. The Morgan fingerprint density at radius 1 is 0.608 bits per heavy atom. The Labute approximate surface area is 438 Å². The summed E-state index contributed by atoms with van der Waals surface area (Å²) in [6, 6.07) is 7.99. The number of ketones is 2. The van der Waals surface area contributed by atoms with Crippen molar-refractivity contribution in [3.05, 3.63) is 87.4 Å².